The van der Waals surface area contributed by atoms with Gasteiger partial charge in [-0.25, -0.2) is 8.42 Å². The molecule has 1 fully saturated rings. The lowest BCUT2D eigenvalue weighted by Gasteiger charge is -2.27. The summed E-state index contributed by atoms with van der Waals surface area (Å²) in [7, 11) is -3.25. The van der Waals surface area contributed by atoms with Crippen molar-refractivity contribution in [1.82, 2.24) is 0 Å². The predicted octanol–water partition coefficient (Wildman–Crippen LogP) is 2.01. The van der Waals surface area contributed by atoms with Crippen LogP contribution in [0.2, 0.25) is 0 Å². The van der Waals surface area contributed by atoms with Gasteiger partial charge in [0.05, 0.1) is 16.8 Å². The van der Waals surface area contributed by atoms with Crippen molar-refractivity contribution in [3.63, 3.8) is 0 Å². The Morgan fingerprint density at radius 2 is 1.76 bits per heavy atom. The van der Waals surface area contributed by atoms with Gasteiger partial charge >= 0.3 is 0 Å². The highest BCUT2D eigenvalue weighted by Crippen LogP contribution is 2.27. The van der Waals surface area contributed by atoms with Crippen molar-refractivity contribution in [3.05, 3.63) is 30.3 Å². The first-order valence-electron chi connectivity index (χ1n) is 6.05. The quantitative estimate of drug-likeness (QED) is 0.897. The third-order valence-electron chi connectivity index (χ3n) is 3.40. The number of aliphatic hydroxyl groups is 1. The Morgan fingerprint density at radius 1 is 1.12 bits per heavy atom. The minimum absolute atomic E-state index is 0.0676. The van der Waals surface area contributed by atoms with Crippen molar-refractivity contribution in [1.29, 1.82) is 0 Å². The number of sulfone groups is 1. The molecule has 4 heteroatoms. The maximum atomic E-state index is 12.1. The summed E-state index contributed by atoms with van der Waals surface area (Å²) < 4.78 is 24.3. The zero-order chi connectivity index (χ0) is 12.3. The van der Waals surface area contributed by atoms with Crippen LogP contribution in [-0.4, -0.2) is 25.4 Å². The molecule has 1 aromatic carbocycles. The molecule has 0 aromatic heterocycles. The van der Waals surface area contributed by atoms with Crippen LogP contribution in [0.1, 0.15) is 25.7 Å². The van der Waals surface area contributed by atoms with Crippen LogP contribution < -0.4 is 0 Å². The van der Waals surface area contributed by atoms with E-state index in [1.54, 1.807) is 30.3 Å². The topological polar surface area (TPSA) is 54.4 Å². The van der Waals surface area contributed by atoms with Crippen molar-refractivity contribution < 1.29 is 13.5 Å². The van der Waals surface area contributed by atoms with Gasteiger partial charge in [0.15, 0.2) is 9.84 Å². The van der Waals surface area contributed by atoms with Gasteiger partial charge in [-0.05, 0) is 30.9 Å². The molecule has 0 aliphatic heterocycles. The molecule has 94 valence electrons. The van der Waals surface area contributed by atoms with E-state index in [9.17, 15) is 13.5 Å². The molecule has 2 rings (SSSR count). The molecule has 1 N–H and O–H groups in total. The lowest BCUT2D eigenvalue weighted by molar-refractivity contribution is 0.0807. The lowest BCUT2D eigenvalue weighted by atomic mass is 9.88. The van der Waals surface area contributed by atoms with Gasteiger partial charge in [0.25, 0.3) is 0 Å². The van der Waals surface area contributed by atoms with Crippen LogP contribution in [0.3, 0.4) is 0 Å². The Morgan fingerprint density at radius 3 is 2.41 bits per heavy atom. The number of hydrogen-bond donors (Lipinski definition) is 1. The van der Waals surface area contributed by atoms with Gasteiger partial charge in [0.2, 0.25) is 0 Å². The molecule has 1 aliphatic rings. The largest absolute Gasteiger partial charge is 0.393 e. The van der Waals surface area contributed by atoms with Crippen LogP contribution in [0.15, 0.2) is 35.2 Å². The highest BCUT2D eigenvalue weighted by molar-refractivity contribution is 7.91. The molecule has 1 aromatic rings. The summed E-state index contributed by atoms with van der Waals surface area (Å²) in [6, 6.07) is 8.48. The average molecular weight is 254 g/mol. The number of aliphatic hydroxyl groups excluding tert-OH is 1. The summed E-state index contributed by atoms with van der Waals surface area (Å²) in [6.45, 7) is 0. The fourth-order valence-corrected chi connectivity index (χ4v) is 4.11. The summed E-state index contributed by atoms with van der Waals surface area (Å²) in [6.07, 6.45) is 3.11. The summed E-state index contributed by atoms with van der Waals surface area (Å²) in [5.41, 5.74) is 0. The van der Waals surface area contributed by atoms with Crippen molar-refractivity contribution in [2.45, 2.75) is 36.7 Å². The summed E-state index contributed by atoms with van der Waals surface area (Å²) in [5.74, 6) is -0.0352. The van der Waals surface area contributed by atoms with E-state index in [2.05, 4.69) is 0 Å². The molecule has 2 atom stereocenters. The molecule has 0 unspecified atom stereocenters. The minimum atomic E-state index is -3.25. The van der Waals surface area contributed by atoms with E-state index in [4.69, 9.17) is 0 Å². The van der Waals surface area contributed by atoms with Gasteiger partial charge in [-0.15, -0.1) is 0 Å². The van der Waals surface area contributed by atoms with Crippen LogP contribution in [-0.2, 0) is 9.84 Å². The maximum absolute atomic E-state index is 12.1. The number of benzene rings is 1. The van der Waals surface area contributed by atoms with Crippen LogP contribution in [0.4, 0.5) is 0 Å². The average Bonchev–Trinajstić information content (AvgIpc) is 2.33. The van der Waals surface area contributed by atoms with E-state index in [0.29, 0.717) is 4.90 Å². The Bertz CT molecular complexity index is 453. The molecule has 3 nitrogen and oxygen atoms in total. The summed E-state index contributed by atoms with van der Waals surface area (Å²) >= 11 is 0. The van der Waals surface area contributed by atoms with Gasteiger partial charge in [-0.3, -0.25) is 0 Å². The molecule has 0 bridgehead atoms. The Hall–Kier alpha value is -0.870. The van der Waals surface area contributed by atoms with Crippen LogP contribution in [0, 0.1) is 5.92 Å². The van der Waals surface area contributed by atoms with E-state index < -0.39 is 15.9 Å². The van der Waals surface area contributed by atoms with Gasteiger partial charge in [-0.2, -0.15) is 0 Å². The minimum Gasteiger partial charge on any atom is -0.393 e. The standard InChI is InChI=1S/C13H18O3S/c14-13-9-5-4-6-11(13)10-17(15,16)12-7-2-1-3-8-12/h1-3,7-8,11,13-14H,4-6,9-10H2/t11-,13-/m0/s1. The van der Waals surface area contributed by atoms with E-state index >= 15 is 0 Å². The number of hydrogen-bond acceptors (Lipinski definition) is 3. The van der Waals surface area contributed by atoms with Crippen LogP contribution in [0.25, 0.3) is 0 Å². The first-order chi connectivity index (χ1) is 8.09. The van der Waals surface area contributed by atoms with Crippen molar-refractivity contribution >= 4 is 9.84 Å². The zero-order valence-electron chi connectivity index (χ0n) is 9.75. The molecule has 0 amide bonds. The Balaban J connectivity index is 2.12. The highest BCUT2D eigenvalue weighted by atomic mass is 32.2. The second-order valence-corrected chi connectivity index (χ2v) is 6.74. The molecule has 0 heterocycles. The molecule has 0 spiro atoms. The smallest absolute Gasteiger partial charge is 0.178 e. The van der Waals surface area contributed by atoms with Crippen molar-refractivity contribution in [2.24, 2.45) is 5.92 Å². The van der Waals surface area contributed by atoms with Gasteiger partial charge in [0, 0.05) is 0 Å². The van der Waals surface area contributed by atoms with Crippen LogP contribution >= 0.6 is 0 Å². The van der Waals surface area contributed by atoms with Gasteiger partial charge in [-0.1, -0.05) is 31.0 Å². The summed E-state index contributed by atoms with van der Waals surface area (Å²) in [5, 5.41) is 9.81. The van der Waals surface area contributed by atoms with E-state index in [0.717, 1.165) is 25.7 Å². The summed E-state index contributed by atoms with van der Waals surface area (Å²) in [4.78, 5) is 0.359. The van der Waals surface area contributed by atoms with E-state index in [1.807, 2.05) is 0 Å². The predicted molar refractivity (Wildman–Crippen MR) is 66.5 cm³/mol. The van der Waals surface area contributed by atoms with E-state index in [1.165, 1.54) is 0 Å². The molecule has 0 saturated heterocycles. The molecule has 17 heavy (non-hydrogen) atoms. The molecule has 1 saturated carbocycles. The fraction of sp³-hybridized carbons (Fsp3) is 0.538. The monoisotopic (exact) mass is 254 g/mol. The van der Waals surface area contributed by atoms with E-state index in [-0.39, 0.29) is 11.7 Å². The van der Waals surface area contributed by atoms with Crippen molar-refractivity contribution in [3.8, 4) is 0 Å². The fourth-order valence-electron chi connectivity index (χ4n) is 2.39. The first-order valence-corrected chi connectivity index (χ1v) is 7.71. The second-order valence-electron chi connectivity index (χ2n) is 4.71. The molecule has 1 aliphatic carbocycles. The first kappa shape index (κ1) is 12.6. The highest BCUT2D eigenvalue weighted by Gasteiger charge is 2.28. The zero-order valence-corrected chi connectivity index (χ0v) is 10.6. The van der Waals surface area contributed by atoms with Gasteiger partial charge < -0.3 is 5.11 Å². The SMILES string of the molecule is O=S(=O)(C[C@@H]1CCCC[C@@H]1O)c1ccccc1. The third-order valence-corrected chi connectivity index (χ3v) is 5.26. The Labute approximate surface area is 102 Å². The molecule has 0 radical (unpaired) electrons. The molecular formula is C13H18O3S. The third kappa shape index (κ3) is 3.07. The molecular weight excluding hydrogens is 236 g/mol. The van der Waals surface area contributed by atoms with Crippen molar-refractivity contribution in [2.75, 3.05) is 5.75 Å². The van der Waals surface area contributed by atoms with Crippen LogP contribution in [0.5, 0.6) is 0 Å². The van der Waals surface area contributed by atoms with Gasteiger partial charge in [0.1, 0.15) is 0 Å². The number of rotatable bonds is 3. The maximum Gasteiger partial charge on any atom is 0.178 e. The lowest BCUT2D eigenvalue weighted by Crippen LogP contribution is -2.30. The normalized spacial score (nSPS) is 25.7. The second kappa shape index (κ2) is 5.19. The Kier molecular flexibility index (Phi) is 3.84.